The fraction of sp³-hybridized carbons (Fsp3) is 0.0714. The molecule has 4 heteroatoms. The third-order valence-electron chi connectivity index (χ3n) is 2.22. The van der Waals surface area contributed by atoms with Gasteiger partial charge in [-0.25, -0.2) is 8.78 Å². The van der Waals surface area contributed by atoms with Crippen molar-refractivity contribution in [1.29, 1.82) is 0 Å². The van der Waals surface area contributed by atoms with Gasteiger partial charge in [0, 0.05) is 5.56 Å². The molecule has 0 aromatic heterocycles. The molecule has 0 fully saturated rings. The summed E-state index contributed by atoms with van der Waals surface area (Å²) in [5, 5.41) is 3.51. The Morgan fingerprint density at radius 3 is 2.67 bits per heavy atom. The molecule has 2 nitrogen and oxygen atoms in total. The first-order valence-corrected chi connectivity index (χ1v) is 5.33. The Balaban J connectivity index is 1.91. The van der Waals surface area contributed by atoms with Gasteiger partial charge in [0.05, 0.1) is 0 Å². The fourth-order valence-electron chi connectivity index (χ4n) is 1.37. The highest BCUT2D eigenvalue weighted by Gasteiger charge is 1.98. The summed E-state index contributed by atoms with van der Waals surface area (Å²) in [6, 6.07) is 12.1. The van der Waals surface area contributed by atoms with Crippen LogP contribution in [0.25, 0.3) is 0 Å². The molecule has 0 saturated carbocycles. The van der Waals surface area contributed by atoms with Gasteiger partial charge in [0.2, 0.25) is 0 Å². The smallest absolute Gasteiger partial charge is 0.142 e. The number of nitrogens with zero attached hydrogens (tertiary/aromatic N) is 1. The van der Waals surface area contributed by atoms with Gasteiger partial charge in [0.1, 0.15) is 24.5 Å². The molecule has 0 aliphatic rings. The highest BCUT2D eigenvalue weighted by atomic mass is 19.1. The van der Waals surface area contributed by atoms with Crippen LogP contribution in [0.15, 0.2) is 53.7 Å². The van der Waals surface area contributed by atoms with Crippen LogP contribution in [0.5, 0.6) is 0 Å². The summed E-state index contributed by atoms with van der Waals surface area (Å²) >= 11 is 0. The first-order chi connectivity index (χ1) is 8.75. The maximum atomic E-state index is 13.2. The van der Waals surface area contributed by atoms with E-state index in [1.165, 1.54) is 24.3 Å². The molecule has 2 aromatic carbocycles. The Bertz CT molecular complexity index is 555. The van der Waals surface area contributed by atoms with Crippen LogP contribution in [0.4, 0.5) is 8.78 Å². The van der Waals surface area contributed by atoms with E-state index in [9.17, 15) is 8.78 Å². The third-order valence-corrected chi connectivity index (χ3v) is 2.22. The Labute approximate surface area is 104 Å². The second kappa shape index (κ2) is 5.91. The van der Waals surface area contributed by atoms with Crippen molar-refractivity contribution in [2.24, 2.45) is 5.16 Å². The quantitative estimate of drug-likeness (QED) is 0.598. The van der Waals surface area contributed by atoms with Crippen LogP contribution in [0.3, 0.4) is 0 Å². The maximum Gasteiger partial charge on any atom is 0.142 e. The number of hydrogen-bond acceptors (Lipinski definition) is 2. The predicted octanol–water partition coefficient (Wildman–Crippen LogP) is 3.39. The highest BCUT2D eigenvalue weighted by molar-refractivity contribution is 5.79. The van der Waals surface area contributed by atoms with Gasteiger partial charge in [-0.05, 0) is 29.8 Å². The van der Waals surface area contributed by atoms with E-state index in [1.54, 1.807) is 24.3 Å². The Kier molecular flexibility index (Phi) is 4.02. The molecule has 0 bridgehead atoms. The minimum Gasteiger partial charge on any atom is -0.390 e. The minimum absolute atomic E-state index is 0.110. The normalized spacial score (nSPS) is 10.8. The monoisotopic (exact) mass is 246 g/mol. The van der Waals surface area contributed by atoms with E-state index in [0.717, 1.165) is 0 Å². The summed E-state index contributed by atoms with van der Waals surface area (Å²) < 4.78 is 26.0. The van der Waals surface area contributed by atoms with Crippen LogP contribution in [0.2, 0.25) is 0 Å². The van der Waals surface area contributed by atoms with Crippen LogP contribution in [-0.4, -0.2) is 6.21 Å². The molecule has 91 valence electrons. The fourth-order valence-corrected chi connectivity index (χ4v) is 1.37. The van der Waals surface area contributed by atoms with E-state index in [-0.39, 0.29) is 18.0 Å². The van der Waals surface area contributed by atoms with E-state index >= 15 is 0 Å². The molecule has 0 atom stereocenters. The number of rotatable bonds is 4. The molecule has 0 aliphatic heterocycles. The Morgan fingerprint density at radius 1 is 1.06 bits per heavy atom. The second-order valence-electron chi connectivity index (χ2n) is 3.59. The van der Waals surface area contributed by atoms with Gasteiger partial charge in [-0.3, -0.25) is 0 Å². The average Bonchev–Trinajstić information content (AvgIpc) is 2.37. The van der Waals surface area contributed by atoms with E-state index in [2.05, 4.69) is 11.4 Å². The van der Waals surface area contributed by atoms with Gasteiger partial charge in [-0.1, -0.05) is 29.4 Å². The Hall–Kier alpha value is -2.23. The van der Waals surface area contributed by atoms with Crippen LogP contribution in [0, 0.1) is 11.6 Å². The van der Waals surface area contributed by atoms with Gasteiger partial charge in [0.25, 0.3) is 0 Å². The first kappa shape index (κ1) is 12.2. The van der Waals surface area contributed by atoms with Gasteiger partial charge in [-0.2, -0.15) is 0 Å². The third kappa shape index (κ3) is 3.38. The summed E-state index contributed by atoms with van der Waals surface area (Å²) in [5.41, 5.74) is 0.867. The lowest BCUT2D eigenvalue weighted by molar-refractivity contribution is 0.132. The van der Waals surface area contributed by atoms with E-state index in [4.69, 9.17) is 4.84 Å². The largest absolute Gasteiger partial charge is 0.390 e. The van der Waals surface area contributed by atoms with Crippen LogP contribution >= 0.6 is 0 Å². The molecule has 0 unspecified atom stereocenters. The lowest BCUT2D eigenvalue weighted by Crippen LogP contribution is -1.91. The SMILES string of the molecule is Fc1cccc(CO/N=[C]\c2ccccc2F)c1. The summed E-state index contributed by atoms with van der Waals surface area (Å²) in [6.45, 7) is 0.110. The molecule has 0 aliphatic carbocycles. The topological polar surface area (TPSA) is 21.6 Å². The molecule has 0 saturated heterocycles. The van der Waals surface area contributed by atoms with E-state index < -0.39 is 5.82 Å². The minimum atomic E-state index is -0.421. The zero-order valence-corrected chi connectivity index (χ0v) is 9.44. The number of hydrogen-bond donors (Lipinski definition) is 0. The van der Waals surface area contributed by atoms with Crippen molar-refractivity contribution in [3.8, 4) is 0 Å². The van der Waals surface area contributed by atoms with Crippen LogP contribution < -0.4 is 0 Å². The van der Waals surface area contributed by atoms with Crippen molar-refractivity contribution in [2.75, 3.05) is 0 Å². The molecule has 0 N–H and O–H groups in total. The maximum absolute atomic E-state index is 13.2. The molecule has 0 amide bonds. The average molecular weight is 246 g/mol. The van der Waals surface area contributed by atoms with Crippen molar-refractivity contribution in [3.05, 3.63) is 71.3 Å². The highest BCUT2D eigenvalue weighted by Crippen LogP contribution is 2.06. The predicted molar refractivity (Wildman–Crippen MR) is 64.1 cm³/mol. The van der Waals surface area contributed by atoms with Gasteiger partial charge >= 0.3 is 0 Å². The van der Waals surface area contributed by atoms with Gasteiger partial charge in [0.15, 0.2) is 0 Å². The van der Waals surface area contributed by atoms with Gasteiger partial charge in [-0.15, -0.1) is 0 Å². The molecule has 2 rings (SSSR count). The summed E-state index contributed by atoms with van der Waals surface area (Å²) in [7, 11) is 0. The lowest BCUT2D eigenvalue weighted by Gasteiger charge is -1.99. The van der Waals surface area contributed by atoms with Crippen LogP contribution in [-0.2, 0) is 11.4 Å². The summed E-state index contributed by atoms with van der Waals surface area (Å²) in [5.74, 6) is -0.756. The van der Waals surface area contributed by atoms with Crippen molar-refractivity contribution in [3.63, 3.8) is 0 Å². The summed E-state index contributed by atoms with van der Waals surface area (Å²) in [6.07, 6.45) is 2.43. The van der Waals surface area contributed by atoms with E-state index in [1.807, 2.05) is 0 Å². The van der Waals surface area contributed by atoms with E-state index in [0.29, 0.717) is 5.56 Å². The second-order valence-corrected chi connectivity index (χ2v) is 3.59. The first-order valence-electron chi connectivity index (χ1n) is 5.33. The summed E-state index contributed by atoms with van der Waals surface area (Å²) in [4.78, 5) is 4.91. The number of benzene rings is 2. The standard InChI is InChI=1S/C14H10F2NO/c15-13-6-3-4-11(8-13)10-18-17-9-12-5-1-2-7-14(12)16/h1-8H,10H2. The molecule has 0 spiro atoms. The molecule has 1 radical (unpaired) electrons. The zero-order valence-electron chi connectivity index (χ0n) is 9.44. The van der Waals surface area contributed by atoms with Gasteiger partial charge < -0.3 is 4.84 Å². The zero-order chi connectivity index (χ0) is 12.8. The molecule has 0 heterocycles. The molecular weight excluding hydrogens is 236 g/mol. The van der Waals surface area contributed by atoms with Crippen molar-refractivity contribution in [2.45, 2.75) is 6.61 Å². The van der Waals surface area contributed by atoms with Crippen molar-refractivity contribution in [1.82, 2.24) is 0 Å². The van der Waals surface area contributed by atoms with Crippen molar-refractivity contribution < 1.29 is 13.6 Å². The Morgan fingerprint density at radius 2 is 1.89 bits per heavy atom. The lowest BCUT2D eigenvalue weighted by atomic mass is 10.2. The van der Waals surface area contributed by atoms with Crippen molar-refractivity contribution >= 4 is 6.21 Å². The number of halogens is 2. The van der Waals surface area contributed by atoms with Crippen LogP contribution in [0.1, 0.15) is 11.1 Å². The molecule has 2 aromatic rings. The molecular formula is C14H10F2NO. The molecule has 18 heavy (non-hydrogen) atoms.